The lowest BCUT2D eigenvalue weighted by Gasteiger charge is -2.29. The highest BCUT2D eigenvalue weighted by Gasteiger charge is 2.21. The summed E-state index contributed by atoms with van der Waals surface area (Å²) in [5.74, 6) is 0.0902. The summed E-state index contributed by atoms with van der Waals surface area (Å²) in [7, 11) is 2.08. The molecule has 0 radical (unpaired) electrons. The second kappa shape index (κ2) is 3.10. The van der Waals surface area contributed by atoms with Gasteiger partial charge in [0.25, 0.3) is 0 Å². The normalized spacial score (nSPS) is 20.6. The van der Waals surface area contributed by atoms with Crippen LogP contribution in [0.25, 0.3) is 0 Å². The minimum absolute atomic E-state index is 0.0902. The lowest BCUT2D eigenvalue weighted by Crippen LogP contribution is -2.26. The Morgan fingerprint density at radius 2 is 2.23 bits per heavy atom. The molecule has 1 aliphatic heterocycles. The molecule has 66 valence electrons. The molecule has 0 fully saturated rings. The van der Waals surface area contributed by atoms with Crippen molar-refractivity contribution in [1.29, 1.82) is 5.26 Å². The van der Waals surface area contributed by atoms with Crippen molar-refractivity contribution in [2.75, 3.05) is 18.5 Å². The lowest BCUT2D eigenvalue weighted by atomic mass is 9.91. The first kappa shape index (κ1) is 8.12. The molecule has 2 nitrogen and oxygen atoms in total. The summed E-state index contributed by atoms with van der Waals surface area (Å²) in [5, 5.41) is 8.96. The van der Waals surface area contributed by atoms with Crippen LogP contribution in [-0.4, -0.2) is 13.6 Å². The Bertz CT molecular complexity index is 351. The number of benzene rings is 1. The van der Waals surface area contributed by atoms with Crippen LogP contribution in [0, 0.1) is 11.3 Å². The maximum atomic E-state index is 8.96. The zero-order valence-electron chi connectivity index (χ0n) is 7.70. The SMILES string of the molecule is CN1CC[C@H](C#N)c2ccccc21. The summed E-state index contributed by atoms with van der Waals surface area (Å²) < 4.78 is 0. The van der Waals surface area contributed by atoms with Gasteiger partial charge in [0, 0.05) is 19.3 Å². The molecule has 0 unspecified atom stereocenters. The number of nitriles is 1. The van der Waals surface area contributed by atoms with Crippen molar-refractivity contribution in [3.63, 3.8) is 0 Å². The molecule has 1 aromatic carbocycles. The van der Waals surface area contributed by atoms with E-state index < -0.39 is 0 Å². The number of rotatable bonds is 0. The Kier molecular flexibility index (Phi) is 1.94. The number of hydrogen-bond donors (Lipinski definition) is 0. The van der Waals surface area contributed by atoms with Gasteiger partial charge in [0.2, 0.25) is 0 Å². The molecule has 1 heterocycles. The molecule has 0 aromatic heterocycles. The Morgan fingerprint density at radius 1 is 1.46 bits per heavy atom. The molecule has 2 heteroatoms. The summed E-state index contributed by atoms with van der Waals surface area (Å²) in [4.78, 5) is 2.21. The van der Waals surface area contributed by atoms with Gasteiger partial charge in [0.15, 0.2) is 0 Å². The smallest absolute Gasteiger partial charge is 0.0749 e. The number of anilines is 1. The van der Waals surface area contributed by atoms with Crippen LogP contribution < -0.4 is 4.90 Å². The minimum atomic E-state index is 0.0902. The molecule has 1 aromatic rings. The van der Waals surface area contributed by atoms with Crippen molar-refractivity contribution in [3.8, 4) is 6.07 Å². The van der Waals surface area contributed by atoms with Crippen LogP contribution in [-0.2, 0) is 0 Å². The first-order valence-electron chi connectivity index (χ1n) is 4.52. The van der Waals surface area contributed by atoms with Crippen LogP contribution in [0.5, 0.6) is 0 Å². The molecular weight excluding hydrogens is 160 g/mol. The molecule has 0 spiro atoms. The van der Waals surface area contributed by atoms with E-state index in [1.54, 1.807) is 0 Å². The van der Waals surface area contributed by atoms with Crippen LogP contribution in [0.1, 0.15) is 17.9 Å². The highest BCUT2D eigenvalue weighted by Crippen LogP contribution is 2.33. The number of para-hydroxylation sites is 1. The highest BCUT2D eigenvalue weighted by molar-refractivity contribution is 5.57. The summed E-state index contributed by atoms with van der Waals surface area (Å²) in [6.07, 6.45) is 0.948. The van der Waals surface area contributed by atoms with Gasteiger partial charge in [-0.3, -0.25) is 0 Å². The molecule has 0 N–H and O–H groups in total. The molecule has 0 saturated carbocycles. The number of fused-ring (bicyclic) bond motifs is 1. The van der Waals surface area contributed by atoms with Gasteiger partial charge in [-0.2, -0.15) is 5.26 Å². The van der Waals surface area contributed by atoms with E-state index in [-0.39, 0.29) is 5.92 Å². The standard InChI is InChI=1S/C11H12N2/c1-13-7-6-9(8-12)10-4-2-3-5-11(10)13/h2-5,9H,6-7H2,1H3/t9-/m1/s1. The predicted molar refractivity (Wildman–Crippen MR) is 52.7 cm³/mol. The fourth-order valence-electron chi connectivity index (χ4n) is 1.86. The quantitative estimate of drug-likeness (QED) is 0.599. The predicted octanol–water partition coefficient (Wildman–Crippen LogP) is 2.13. The van der Waals surface area contributed by atoms with Crippen LogP contribution in [0.2, 0.25) is 0 Å². The Hall–Kier alpha value is -1.49. The van der Waals surface area contributed by atoms with Gasteiger partial charge in [-0.25, -0.2) is 0 Å². The average Bonchev–Trinajstić information content (AvgIpc) is 2.19. The monoisotopic (exact) mass is 172 g/mol. The van der Waals surface area contributed by atoms with E-state index in [2.05, 4.69) is 30.1 Å². The maximum absolute atomic E-state index is 8.96. The average molecular weight is 172 g/mol. The van der Waals surface area contributed by atoms with Crippen molar-refractivity contribution in [1.82, 2.24) is 0 Å². The zero-order chi connectivity index (χ0) is 9.26. The van der Waals surface area contributed by atoms with Gasteiger partial charge in [-0.1, -0.05) is 18.2 Å². The molecular formula is C11H12N2. The Morgan fingerprint density at radius 3 is 3.00 bits per heavy atom. The minimum Gasteiger partial charge on any atom is -0.374 e. The van der Waals surface area contributed by atoms with E-state index in [9.17, 15) is 0 Å². The fraction of sp³-hybridized carbons (Fsp3) is 0.364. The van der Waals surface area contributed by atoms with Gasteiger partial charge in [-0.15, -0.1) is 0 Å². The van der Waals surface area contributed by atoms with Crippen LogP contribution in [0.15, 0.2) is 24.3 Å². The van der Waals surface area contributed by atoms with E-state index in [0.29, 0.717) is 0 Å². The van der Waals surface area contributed by atoms with E-state index in [4.69, 9.17) is 5.26 Å². The van der Waals surface area contributed by atoms with Crippen molar-refractivity contribution in [2.45, 2.75) is 12.3 Å². The molecule has 0 bridgehead atoms. The van der Waals surface area contributed by atoms with Gasteiger partial charge >= 0.3 is 0 Å². The van der Waals surface area contributed by atoms with Crippen molar-refractivity contribution in [2.24, 2.45) is 0 Å². The second-order valence-corrected chi connectivity index (χ2v) is 3.45. The van der Waals surface area contributed by atoms with Crippen molar-refractivity contribution >= 4 is 5.69 Å². The number of hydrogen-bond acceptors (Lipinski definition) is 2. The molecule has 0 saturated heterocycles. The zero-order valence-corrected chi connectivity index (χ0v) is 7.70. The fourth-order valence-corrected chi connectivity index (χ4v) is 1.86. The molecule has 0 amide bonds. The number of nitrogens with zero attached hydrogens (tertiary/aromatic N) is 2. The van der Waals surface area contributed by atoms with Gasteiger partial charge in [0.1, 0.15) is 0 Å². The van der Waals surface area contributed by atoms with Gasteiger partial charge in [0.05, 0.1) is 12.0 Å². The summed E-state index contributed by atoms with van der Waals surface area (Å²) in [6, 6.07) is 10.5. The van der Waals surface area contributed by atoms with E-state index in [0.717, 1.165) is 13.0 Å². The van der Waals surface area contributed by atoms with Gasteiger partial charge in [-0.05, 0) is 18.1 Å². The van der Waals surface area contributed by atoms with Crippen molar-refractivity contribution in [3.05, 3.63) is 29.8 Å². The molecule has 13 heavy (non-hydrogen) atoms. The Labute approximate surface area is 78.4 Å². The molecule has 1 aliphatic rings. The van der Waals surface area contributed by atoms with E-state index >= 15 is 0 Å². The molecule has 2 rings (SSSR count). The van der Waals surface area contributed by atoms with Crippen LogP contribution in [0.3, 0.4) is 0 Å². The first-order chi connectivity index (χ1) is 6.33. The molecule has 0 aliphatic carbocycles. The lowest BCUT2D eigenvalue weighted by molar-refractivity contribution is 0.690. The molecule has 1 atom stereocenters. The van der Waals surface area contributed by atoms with E-state index in [1.165, 1.54) is 11.3 Å². The maximum Gasteiger partial charge on any atom is 0.0749 e. The third-order valence-electron chi connectivity index (χ3n) is 2.63. The first-order valence-corrected chi connectivity index (χ1v) is 4.52. The highest BCUT2D eigenvalue weighted by atomic mass is 15.1. The third-order valence-corrected chi connectivity index (χ3v) is 2.63. The Balaban J connectivity index is 2.49. The van der Waals surface area contributed by atoms with Crippen molar-refractivity contribution < 1.29 is 0 Å². The largest absolute Gasteiger partial charge is 0.374 e. The summed E-state index contributed by atoms with van der Waals surface area (Å²) >= 11 is 0. The van der Waals surface area contributed by atoms with Crippen LogP contribution >= 0.6 is 0 Å². The van der Waals surface area contributed by atoms with Crippen LogP contribution in [0.4, 0.5) is 5.69 Å². The summed E-state index contributed by atoms with van der Waals surface area (Å²) in [6.45, 7) is 0.981. The topological polar surface area (TPSA) is 27.0 Å². The van der Waals surface area contributed by atoms with E-state index in [1.807, 2.05) is 12.1 Å². The third kappa shape index (κ3) is 1.27. The summed E-state index contributed by atoms with van der Waals surface area (Å²) in [5.41, 5.74) is 2.39. The second-order valence-electron chi connectivity index (χ2n) is 3.45. The van der Waals surface area contributed by atoms with Gasteiger partial charge < -0.3 is 4.90 Å².